The first-order valence-corrected chi connectivity index (χ1v) is 25.2. The molecule has 8 amide bonds. The fourth-order valence-corrected chi connectivity index (χ4v) is 8.23. The molecular formula is C50H84N10O12. The maximum Gasteiger partial charge on any atom is 0.326 e. The van der Waals surface area contributed by atoms with E-state index in [2.05, 4.69) is 37.2 Å². The minimum atomic E-state index is -1.56. The second kappa shape index (κ2) is 30.2. The molecule has 2 rings (SSSR count). The monoisotopic (exact) mass is 1020 g/mol. The Kier molecular flexibility index (Phi) is 26.1. The molecule has 1 aromatic rings. The van der Waals surface area contributed by atoms with Crippen LogP contribution in [0.15, 0.2) is 24.3 Å². The molecule has 1 aliphatic rings. The van der Waals surface area contributed by atoms with Crippen molar-refractivity contribution in [2.45, 2.75) is 188 Å². The number of aliphatic hydroxyl groups is 1. The fourth-order valence-electron chi connectivity index (χ4n) is 8.23. The van der Waals surface area contributed by atoms with Crippen molar-refractivity contribution in [2.75, 3.05) is 13.1 Å². The topological polar surface area (TPSA) is 354 Å². The Labute approximate surface area is 424 Å². The average Bonchev–Trinajstić information content (AvgIpc) is 3.78. The zero-order chi connectivity index (χ0) is 54.6. The van der Waals surface area contributed by atoms with Crippen LogP contribution in [-0.4, -0.2) is 147 Å². The lowest BCUT2D eigenvalue weighted by molar-refractivity contribution is -0.147. The molecule has 0 bridgehead atoms. The molecule has 22 heteroatoms. The Hall–Kier alpha value is -5.87. The largest absolute Gasteiger partial charge is 0.508 e. The Morgan fingerprint density at radius 2 is 1.06 bits per heavy atom. The number of carboxylic acid groups (broad SMARTS) is 1. The quantitative estimate of drug-likeness (QED) is 0.0454. The molecule has 1 aliphatic heterocycles. The lowest BCUT2D eigenvalue weighted by Crippen LogP contribution is -2.62. The van der Waals surface area contributed by atoms with Crippen molar-refractivity contribution in [1.29, 1.82) is 0 Å². The zero-order valence-corrected chi connectivity index (χ0v) is 43.8. The number of carbonyl (C=O) groups is 9. The molecule has 1 heterocycles. The van der Waals surface area contributed by atoms with Crippen LogP contribution in [0.3, 0.4) is 0 Å². The predicted molar refractivity (Wildman–Crippen MR) is 269 cm³/mol. The van der Waals surface area contributed by atoms with Crippen molar-refractivity contribution in [3.8, 4) is 5.75 Å². The molecule has 1 fully saturated rings. The van der Waals surface area contributed by atoms with E-state index >= 15 is 0 Å². The number of carbonyl (C=O) groups excluding carboxylic acids is 8. The van der Waals surface area contributed by atoms with Gasteiger partial charge in [-0.3, -0.25) is 38.4 Å². The second-order valence-corrected chi connectivity index (χ2v) is 20.6. The van der Waals surface area contributed by atoms with Crippen LogP contribution in [0.1, 0.15) is 126 Å². The number of phenols is 1. The third kappa shape index (κ3) is 20.7. The highest BCUT2D eigenvalue weighted by Crippen LogP contribution is 2.21. The van der Waals surface area contributed by atoms with Gasteiger partial charge in [0.2, 0.25) is 47.3 Å². The van der Waals surface area contributed by atoms with E-state index in [1.165, 1.54) is 30.9 Å². The highest BCUT2D eigenvalue weighted by molar-refractivity contribution is 5.98. The lowest BCUT2D eigenvalue weighted by atomic mass is 9.98. The number of benzene rings is 1. The molecule has 0 radical (unpaired) electrons. The smallest absolute Gasteiger partial charge is 0.326 e. The third-order valence-corrected chi connectivity index (χ3v) is 12.1. The number of unbranched alkanes of at least 4 members (excludes halogenated alkanes) is 1. The van der Waals surface area contributed by atoms with E-state index in [9.17, 15) is 58.5 Å². The van der Waals surface area contributed by atoms with E-state index in [1.807, 2.05) is 27.7 Å². The number of aliphatic carboxylic acids is 1. The number of likely N-dealkylation sites (tertiary alicyclic amines) is 1. The van der Waals surface area contributed by atoms with E-state index < -0.39 is 120 Å². The van der Waals surface area contributed by atoms with E-state index in [0.29, 0.717) is 31.4 Å². The minimum Gasteiger partial charge on any atom is -0.508 e. The minimum absolute atomic E-state index is 0.0327. The number of nitrogens with zero attached hydrogens (tertiary/aromatic N) is 1. The van der Waals surface area contributed by atoms with Gasteiger partial charge in [-0.05, 0) is 113 Å². The molecule has 0 aromatic heterocycles. The number of aliphatic hydroxyl groups excluding tert-OH is 1. The predicted octanol–water partition coefficient (Wildman–Crippen LogP) is 0.0552. The SMILES string of the molecule is CC(C)C[C@H](NC(=O)[C@H](C)N)C(=O)N[C@@H](CCCCN)C(=O)N[C@@H](Cc1ccc(O)cc1)C(=O)N[C@@H](CC(C)C)C(=O)N[C@@H](CC(C)C)C(=O)N[C@H](C(=O)N1CCC[C@H]1C(=O)N[C@H](C(=O)O)C(C)C)[C@@H](C)O. The molecule has 10 atom stereocenters. The summed E-state index contributed by atoms with van der Waals surface area (Å²) < 4.78 is 0. The van der Waals surface area contributed by atoms with Crippen molar-refractivity contribution >= 4 is 53.2 Å². The van der Waals surface area contributed by atoms with Crippen molar-refractivity contribution in [3.63, 3.8) is 0 Å². The molecule has 0 unspecified atom stereocenters. The third-order valence-electron chi connectivity index (χ3n) is 12.1. The van der Waals surface area contributed by atoms with Gasteiger partial charge in [-0.15, -0.1) is 0 Å². The molecule has 1 saturated heterocycles. The summed E-state index contributed by atoms with van der Waals surface area (Å²) >= 11 is 0. The second-order valence-electron chi connectivity index (χ2n) is 20.6. The van der Waals surface area contributed by atoms with Crippen LogP contribution >= 0.6 is 0 Å². The Balaban J connectivity index is 2.46. The van der Waals surface area contributed by atoms with Gasteiger partial charge in [0.25, 0.3) is 0 Å². The van der Waals surface area contributed by atoms with Crippen LogP contribution in [0.5, 0.6) is 5.75 Å². The first-order valence-electron chi connectivity index (χ1n) is 25.2. The normalized spacial score (nSPS) is 17.4. The Morgan fingerprint density at radius 3 is 1.50 bits per heavy atom. The van der Waals surface area contributed by atoms with Crippen molar-refractivity contribution in [2.24, 2.45) is 35.1 Å². The van der Waals surface area contributed by atoms with Crippen LogP contribution in [0, 0.1) is 23.7 Å². The van der Waals surface area contributed by atoms with Gasteiger partial charge < -0.3 is 68.9 Å². The summed E-state index contributed by atoms with van der Waals surface area (Å²) in [6.45, 7) is 17.4. The first kappa shape index (κ1) is 62.2. The van der Waals surface area contributed by atoms with E-state index in [0.717, 1.165) is 0 Å². The summed E-state index contributed by atoms with van der Waals surface area (Å²) in [6.07, 6.45) is 0.456. The molecule has 14 N–H and O–H groups in total. The maximum absolute atomic E-state index is 14.5. The first-order chi connectivity index (χ1) is 33.7. The number of hydrogen-bond acceptors (Lipinski definition) is 13. The van der Waals surface area contributed by atoms with Gasteiger partial charge >= 0.3 is 5.97 Å². The van der Waals surface area contributed by atoms with Crippen LogP contribution in [0.25, 0.3) is 0 Å². The summed E-state index contributed by atoms with van der Waals surface area (Å²) in [5.41, 5.74) is 12.0. The van der Waals surface area contributed by atoms with Crippen molar-refractivity contribution in [1.82, 2.24) is 42.1 Å². The maximum atomic E-state index is 14.5. The number of phenolic OH excluding ortho intramolecular Hbond substituents is 1. The van der Waals surface area contributed by atoms with E-state index in [1.54, 1.807) is 39.8 Å². The number of nitrogens with two attached hydrogens (primary N) is 2. The van der Waals surface area contributed by atoms with Gasteiger partial charge in [0.1, 0.15) is 54.1 Å². The summed E-state index contributed by atoms with van der Waals surface area (Å²) in [6, 6.07) is -4.96. The van der Waals surface area contributed by atoms with Crippen LogP contribution in [0.2, 0.25) is 0 Å². The van der Waals surface area contributed by atoms with Crippen LogP contribution in [-0.2, 0) is 49.6 Å². The molecule has 0 saturated carbocycles. The molecule has 1 aromatic carbocycles. The number of amides is 8. The molecule has 0 aliphatic carbocycles. The molecule has 406 valence electrons. The summed E-state index contributed by atoms with van der Waals surface area (Å²) in [7, 11) is 0. The summed E-state index contributed by atoms with van der Waals surface area (Å²) in [5, 5.41) is 49.2. The lowest BCUT2D eigenvalue weighted by Gasteiger charge is -2.32. The van der Waals surface area contributed by atoms with Gasteiger partial charge in [0.15, 0.2) is 0 Å². The number of rotatable bonds is 30. The van der Waals surface area contributed by atoms with Gasteiger partial charge in [-0.1, -0.05) is 67.5 Å². The molecule has 72 heavy (non-hydrogen) atoms. The highest BCUT2D eigenvalue weighted by atomic mass is 16.4. The number of hydrogen-bond donors (Lipinski definition) is 12. The molecule has 0 spiro atoms. The van der Waals surface area contributed by atoms with Crippen molar-refractivity contribution in [3.05, 3.63) is 29.8 Å². The van der Waals surface area contributed by atoms with E-state index in [4.69, 9.17) is 11.5 Å². The van der Waals surface area contributed by atoms with Gasteiger partial charge in [-0.25, -0.2) is 4.79 Å². The fraction of sp³-hybridized carbons (Fsp3) is 0.700. The molecule has 22 nitrogen and oxygen atoms in total. The van der Waals surface area contributed by atoms with Gasteiger partial charge in [-0.2, -0.15) is 0 Å². The van der Waals surface area contributed by atoms with Gasteiger partial charge in [0.05, 0.1) is 12.1 Å². The van der Waals surface area contributed by atoms with Crippen LogP contribution < -0.4 is 48.7 Å². The number of nitrogens with one attached hydrogen (secondary N) is 7. The van der Waals surface area contributed by atoms with Gasteiger partial charge in [0, 0.05) is 13.0 Å². The van der Waals surface area contributed by atoms with E-state index in [-0.39, 0.29) is 68.6 Å². The summed E-state index contributed by atoms with van der Waals surface area (Å²) in [5.74, 6) is -7.94. The Bertz CT molecular complexity index is 1980. The number of carboxylic acids is 1. The number of aromatic hydroxyl groups is 1. The average molecular weight is 1020 g/mol. The molecular weight excluding hydrogens is 933 g/mol. The van der Waals surface area contributed by atoms with Crippen molar-refractivity contribution < 1.29 is 58.5 Å². The highest BCUT2D eigenvalue weighted by Gasteiger charge is 2.42. The standard InChI is InChI=1S/C50H84N10O12/c1-26(2)22-35(54-42(63)30(9)52)44(65)53-34(14-11-12-20-51)43(64)57-38(25-32-16-18-33(62)19-17-32)46(67)55-36(23-27(3)4)45(66)56-37(24-28(5)6)47(68)59-41(31(10)61)49(70)60-21-13-15-39(60)48(69)58-40(29(7)8)50(71)72/h16-19,26-31,34-41,61-62H,11-15,20-25,51-52H2,1-10H3,(H,53,65)(H,54,63)(H,55,67)(H,56,66)(H,57,64)(H,58,69)(H,59,68)(H,71,72)/t30-,31+,34-,35-,36-,37-,38-,39-,40-,41-/m0/s1. The summed E-state index contributed by atoms with van der Waals surface area (Å²) in [4.78, 5) is 124. The zero-order valence-electron chi connectivity index (χ0n) is 43.8. The Morgan fingerprint density at radius 1 is 0.611 bits per heavy atom. The van der Waals surface area contributed by atoms with Crippen LogP contribution in [0.4, 0.5) is 0 Å².